The Hall–Kier alpha value is -4.05. The molecule has 0 amide bonds. The Kier molecular flexibility index (Phi) is 38.9. The molecule has 0 aliphatic carbocycles. The molecule has 0 spiro atoms. The van der Waals surface area contributed by atoms with Gasteiger partial charge in [-0.05, 0) is 78.9 Å². The highest BCUT2D eigenvalue weighted by Gasteiger charge is 2.18. The summed E-state index contributed by atoms with van der Waals surface area (Å²) in [6, 6.07) is 16.6. The van der Waals surface area contributed by atoms with E-state index in [1.807, 2.05) is 18.2 Å². The summed E-state index contributed by atoms with van der Waals surface area (Å²) < 4.78 is 26.6. The fourth-order valence-electron chi connectivity index (χ4n) is 10.5. The molecular weight excluding hydrogens is 983 g/mol. The SMILES string of the molecule is CCCCCCCCCCCCCCCCOc1cc(COc2ccc(-c3ccc(-c4nc(N)nc(N)n4)s3)cc2)cc(OCCCCCCCCCCCCCCCC)c1OCCCCCCCCCCCCCCCC. The molecule has 4 aromatic rings. The summed E-state index contributed by atoms with van der Waals surface area (Å²) in [4.78, 5) is 14.4. The van der Waals surface area contributed by atoms with Crippen LogP contribution in [0.15, 0.2) is 48.5 Å². The minimum Gasteiger partial charge on any atom is -0.490 e. The van der Waals surface area contributed by atoms with Gasteiger partial charge in [-0.15, -0.1) is 11.3 Å². The highest BCUT2D eigenvalue weighted by atomic mass is 32.1. The molecular formula is C68H113N5O4S. The summed E-state index contributed by atoms with van der Waals surface area (Å²) >= 11 is 1.58. The number of hydrogen-bond donors (Lipinski definition) is 2. The number of hydrogen-bond acceptors (Lipinski definition) is 10. The summed E-state index contributed by atoms with van der Waals surface area (Å²) in [5.74, 6) is 3.81. The number of unbranched alkanes of at least 4 members (excludes halogenated alkanes) is 39. The molecule has 0 aliphatic rings. The fraction of sp³-hybridized carbons (Fsp3) is 0.721. The van der Waals surface area contributed by atoms with Gasteiger partial charge in [0.15, 0.2) is 17.3 Å². The fourth-order valence-corrected chi connectivity index (χ4v) is 11.5. The molecule has 2 heterocycles. The van der Waals surface area contributed by atoms with E-state index in [4.69, 9.17) is 30.4 Å². The summed E-state index contributed by atoms with van der Waals surface area (Å²) in [6.45, 7) is 9.26. The molecule has 9 nitrogen and oxygen atoms in total. The minimum absolute atomic E-state index is 0.115. The third-order valence-corrected chi connectivity index (χ3v) is 16.5. The summed E-state index contributed by atoms with van der Waals surface area (Å²) in [5.41, 5.74) is 13.8. The average Bonchev–Trinajstić information content (AvgIpc) is 3.96. The number of nitrogens with zero attached hydrogens (tertiary/aromatic N) is 3. The number of thiophene rings is 1. The number of benzene rings is 2. The van der Waals surface area contributed by atoms with E-state index >= 15 is 0 Å². The van der Waals surface area contributed by atoms with Crippen LogP contribution in [0.25, 0.3) is 21.1 Å². The second kappa shape index (κ2) is 45.7. The Morgan fingerprint density at radius 3 is 1.03 bits per heavy atom. The first-order valence-electron chi connectivity index (χ1n) is 32.7. The molecule has 0 saturated carbocycles. The van der Waals surface area contributed by atoms with Crippen LogP contribution in [0.1, 0.15) is 296 Å². The summed E-state index contributed by atoms with van der Waals surface area (Å²) in [6.07, 6.45) is 56.1. The molecule has 440 valence electrons. The van der Waals surface area contributed by atoms with Crippen molar-refractivity contribution in [3.05, 3.63) is 54.1 Å². The van der Waals surface area contributed by atoms with Crippen molar-refractivity contribution in [2.75, 3.05) is 31.3 Å². The average molecular weight is 1100 g/mol. The second-order valence-corrected chi connectivity index (χ2v) is 23.7. The molecule has 4 rings (SSSR count). The topological polar surface area (TPSA) is 128 Å². The Bertz CT molecular complexity index is 1950. The van der Waals surface area contributed by atoms with E-state index in [1.54, 1.807) is 11.3 Å². The smallest absolute Gasteiger partial charge is 0.225 e. The lowest BCUT2D eigenvalue weighted by Gasteiger charge is -2.19. The second-order valence-electron chi connectivity index (χ2n) is 22.6. The Labute approximate surface area is 481 Å². The van der Waals surface area contributed by atoms with Gasteiger partial charge in [-0.2, -0.15) is 15.0 Å². The van der Waals surface area contributed by atoms with Gasteiger partial charge in [0.2, 0.25) is 17.6 Å². The van der Waals surface area contributed by atoms with Crippen LogP contribution in [0.3, 0.4) is 0 Å². The van der Waals surface area contributed by atoms with Crippen LogP contribution in [-0.2, 0) is 6.61 Å². The van der Waals surface area contributed by atoms with Crippen LogP contribution in [0.2, 0.25) is 0 Å². The first-order chi connectivity index (χ1) is 38.5. The lowest BCUT2D eigenvalue weighted by molar-refractivity contribution is 0.232. The lowest BCUT2D eigenvalue weighted by atomic mass is 10.0. The molecule has 0 unspecified atom stereocenters. The predicted molar refractivity (Wildman–Crippen MR) is 336 cm³/mol. The van der Waals surface area contributed by atoms with Crippen LogP contribution < -0.4 is 30.4 Å². The van der Waals surface area contributed by atoms with Crippen LogP contribution in [0.5, 0.6) is 23.0 Å². The van der Waals surface area contributed by atoms with Crippen LogP contribution in [-0.4, -0.2) is 34.8 Å². The highest BCUT2D eigenvalue weighted by Crippen LogP contribution is 2.40. The highest BCUT2D eigenvalue weighted by molar-refractivity contribution is 7.18. The van der Waals surface area contributed by atoms with Gasteiger partial charge >= 0.3 is 0 Å². The molecule has 2 aromatic heterocycles. The normalized spacial score (nSPS) is 11.4. The zero-order valence-electron chi connectivity index (χ0n) is 50.2. The molecule has 0 saturated heterocycles. The van der Waals surface area contributed by atoms with Gasteiger partial charge in [-0.1, -0.05) is 271 Å². The number of ether oxygens (including phenoxy) is 4. The van der Waals surface area contributed by atoms with E-state index in [2.05, 4.69) is 66.1 Å². The van der Waals surface area contributed by atoms with Crippen molar-refractivity contribution in [1.82, 2.24) is 15.0 Å². The van der Waals surface area contributed by atoms with Crippen molar-refractivity contribution >= 4 is 23.2 Å². The molecule has 0 atom stereocenters. The quantitative estimate of drug-likeness (QED) is 0.0416. The zero-order valence-corrected chi connectivity index (χ0v) is 51.0. The van der Waals surface area contributed by atoms with Gasteiger partial charge < -0.3 is 30.4 Å². The first-order valence-corrected chi connectivity index (χ1v) is 33.5. The van der Waals surface area contributed by atoms with Crippen molar-refractivity contribution in [2.24, 2.45) is 0 Å². The maximum Gasteiger partial charge on any atom is 0.225 e. The van der Waals surface area contributed by atoms with Gasteiger partial charge in [0.25, 0.3) is 0 Å². The third kappa shape index (κ3) is 31.7. The van der Waals surface area contributed by atoms with Crippen LogP contribution >= 0.6 is 11.3 Å². The third-order valence-electron chi connectivity index (χ3n) is 15.4. The van der Waals surface area contributed by atoms with Gasteiger partial charge in [-0.25, -0.2) is 0 Å². The number of aromatic nitrogens is 3. The zero-order chi connectivity index (χ0) is 55.2. The van der Waals surface area contributed by atoms with Gasteiger partial charge in [0, 0.05) is 4.88 Å². The molecule has 4 N–H and O–H groups in total. The van der Waals surface area contributed by atoms with Crippen molar-refractivity contribution in [2.45, 2.75) is 297 Å². The molecule has 2 aromatic carbocycles. The largest absolute Gasteiger partial charge is 0.490 e. The molecule has 10 heteroatoms. The Morgan fingerprint density at radius 2 is 0.667 bits per heavy atom. The molecule has 0 radical (unpaired) electrons. The summed E-state index contributed by atoms with van der Waals surface area (Å²) in [7, 11) is 0. The van der Waals surface area contributed by atoms with E-state index < -0.39 is 0 Å². The molecule has 0 fully saturated rings. The van der Waals surface area contributed by atoms with Gasteiger partial charge in [0.05, 0.1) is 24.7 Å². The maximum atomic E-state index is 6.73. The van der Waals surface area contributed by atoms with Crippen molar-refractivity contribution in [3.63, 3.8) is 0 Å². The van der Waals surface area contributed by atoms with Gasteiger partial charge in [-0.3, -0.25) is 0 Å². The van der Waals surface area contributed by atoms with E-state index in [9.17, 15) is 0 Å². The van der Waals surface area contributed by atoms with E-state index in [0.29, 0.717) is 32.3 Å². The number of anilines is 2. The molecule has 0 aliphatic heterocycles. The maximum absolute atomic E-state index is 6.73. The van der Waals surface area contributed by atoms with Crippen LogP contribution in [0.4, 0.5) is 11.9 Å². The number of nitrogen functional groups attached to an aromatic ring is 2. The Morgan fingerprint density at radius 1 is 0.346 bits per heavy atom. The minimum atomic E-state index is 0.115. The predicted octanol–water partition coefficient (Wildman–Crippen LogP) is 21.6. The molecule has 0 bridgehead atoms. The summed E-state index contributed by atoms with van der Waals surface area (Å²) in [5, 5.41) is 0. The number of nitrogens with two attached hydrogens (primary N) is 2. The Balaban J connectivity index is 1.34. The monoisotopic (exact) mass is 1100 g/mol. The standard InChI is InChI=1S/C68H113N5O4S/c1-4-7-10-13-16-19-22-25-28-31-34-37-40-43-52-74-61-55-58(57-77-60-48-46-59(47-49-60)63-50-51-64(78-63)66-71-67(69)73-68(70)72-66)56-62(75-53-44-41-38-35-32-29-26-23-20-17-14-11-8-5-2)65(61)76-54-45-42-39-36-33-30-27-24-21-18-15-12-9-6-3/h46-51,55-56H,4-45,52-54,57H2,1-3H3,(H4,69,70,71,72,73). The van der Waals surface area contributed by atoms with E-state index in [-0.39, 0.29) is 11.9 Å². The van der Waals surface area contributed by atoms with Crippen molar-refractivity contribution in [3.8, 4) is 44.1 Å². The lowest BCUT2D eigenvalue weighted by Crippen LogP contribution is -2.08. The molecule has 78 heavy (non-hydrogen) atoms. The van der Waals surface area contributed by atoms with Crippen molar-refractivity contribution < 1.29 is 18.9 Å². The first kappa shape index (κ1) is 66.5. The van der Waals surface area contributed by atoms with E-state index in [0.717, 1.165) is 63.1 Å². The number of rotatable bonds is 53. The van der Waals surface area contributed by atoms with E-state index in [1.165, 1.54) is 250 Å². The van der Waals surface area contributed by atoms with Gasteiger partial charge in [0.1, 0.15) is 12.4 Å². The van der Waals surface area contributed by atoms with Crippen molar-refractivity contribution in [1.29, 1.82) is 0 Å². The van der Waals surface area contributed by atoms with Crippen LogP contribution in [0, 0.1) is 0 Å².